The summed E-state index contributed by atoms with van der Waals surface area (Å²) in [4.78, 5) is 38.7. The second-order valence-corrected chi connectivity index (χ2v) is 10.2. The van der Waals surface area contributed by atoms with Crippen LogP contribution >= 0.6 is 0 Å². The Morgan fingerprint density at radius 2 is 1.66 bits per heavy atom. The number of piperazine rings is 1. The average molecular weight is 475 g/mol. The van der Waals surface area contributed by atoms with Crippen LogP contribution in [-0.4, -0.2) is 63.8 Å². The van der Waals surface area contributed by atoms with Gasteiger partial charge in [-0.3, -0.25) is 14.5 Å². The zero-order chi connectivity index (χ0) is 25.2. The average Bonchev–Trinajstić information content (AvgIpc) is 2.83. The number of hydrogen-bond donors (Lipinski definition) is 2. The number of carbonyl (C=O) groups is 2. The van der Waals surface area contributed by atoms with Crippen molar-refractivity contribution in [2.24, 2.45) is 0 Å². The molecule has 0 bridgehead atoms. The second kappa shape index (κ2) is 10.00. The molecule has 35 heavy (non-hydrogen) atoms. The molecule has 0 radical (unpaired) electrons. The molecule has 1 saturated heterocycles. The molecule has 3 aromatic rings. The van der Waals surface area contributed by atoms with Crippen LogP contribution < -0.4 is 11.1 Å². The number of benzene rings is 2. The van der Waals surface area contributed by atoms with Gasteiger partial charge in [-0.05, 0) is 42.2 Å². The van der Waals surface area contributed by atoms with Gasteiger partial charge in [0.25, 0.3) is 5.91 Å². The van der Waals surface area contributed by atoms with Crippen LogP contribution in [0, 0.1) is 0 Å². The third kappa shape index (κ3) is 5.77. The number of nitrogens with one attached hydrogen (secondary N) is 1. The molecular formula is C27H34N6O2. The summed E-state index contributed by atoms with van der Waals surface area (Å²) >= 11 is 0. The summed E-state index contributed by atoms with van der Waals surface area (Å²) in [5, 5.41) is 3.70. The first kappa shape index (κ1) is 24.6. The normalized spacial score (nSPS) is 15.7. The summed E-state index contributed by atoms with van der Waals surface area (Å²) in [5.74, 6) is 0.850. The van der Waals surface area contributed by atoms with Gasteiger partial charge in [-0.1, -0.05) is 45.0 Å². The minimum atomic E-state index is -0.597. The van der Waals surface area contributed by atoms with Gasteiger partial charge in [0.2, 0.25) is 5.91 Å². The van der Waals surface area contributed by atoms with Gasteiger partial charge in [0.15, 0.2) is 0 Å². The number of hydrogen-bond acceptors (Lipinski definition) is 6. The maximum absolute atomic E-state index is 13.0. The van der Waals surface area contributed by atoms with Crippen LogP contribution in [0.2, 0.25) is 0 Å². The predicted octanol–water partition coefficient (Wildman–Crippen LogP) is 2.97. The van der Waals surface area contributed by atoms with Gasteiger partial charge >= 0.3 is 0 Å². The molecule has 1 aliphatic heterocycles. The Bertz CT molecular complexity index is 1210. The molecule has 8 nitrogen and oxygen atoms in total. The van der Waals surface area contributed by atoms with E-state index in [0.717, 1.165) is 16.5 Å². The van der Waals surface area contributed by atoms with Crippen molar-refractivity contribution in [2.45, 2.75) is 45.7 Å². The molecule has 0 spiro atoms. The highest BCUT2D eigenvalue weighted by Crippen LogP contribution is 2.22. The summed E-state index contributed by atoms with van der Waals surface area (Å²) < 4.78 is 0. The number of nitrogen functional groups attached to an aromatic ring is 1. The highest BCUT2D eigenvalue weighted by Gasteiger charge is 2.26. The Hall–Kier alpha value is -3.52. The summed E-state index contributed by atoms with van der Waals surface area (Å²) in [7, 11) is 0. The number of nitrogens with two attached hydrogens (primary N) is 1. The molecule has 1 unspecified atom stereocenters. The highest BCUT2D eigenvalue weighted by atomic mass is 16.2. The summed E-state index contributed by atoms with van der Waals surface area (Å²) in [6.45, 7) is 11.3. The number of aromatic nitrogens is 2. The van der Waals surface area contributed by atoms with E-state index in [1.807, 2.05) is 48.5 Å². The fourth-order valence-electron chi connectivity index (χ4n) is 4.29. The Morgan fingerprint density at radius 1 is 1.00 bits per heavy atom. The van der Waals surface area contributed by atoms with Crippen molar-refractivity contribution < 1.29 is 9.59 Å². The first-order chi connectivity index (χ1) is 16.6. The fraction of sp³-hybridized carbons (Fsp3) is 0.407. The summed E-state index contributed by atoms with van der Waals surface area (Å²) in [6.07, 6.45) is 0. The van der Waals surface area contributed by atoms with Crippen LogP contribution in [0.15, 0.2) is 48.5 Å². The first-order valence-electron chi connectivity index (χ1n) is 12.1. The zero-order valence-corrected chi connectivity index (χ0v) is 20.9. The van der Waals surface area contributed by atoms with Crippen LogP contribution in [0.5, 0.6) is 0 Å². The highest BCUT2D eigenvalue weighted by molar-refractivity contribution is 5.97. The van der Waals surface area contributed by atoms with E-state index < -0.39 is 6.04 Å². The molecule has 4 rings (SSSR count). The minimum absolute atomic E-state index is 0.0213. The van der Waals surface area contributed by atoms with E-state index in [0.29, 0.717) is 49.9 Å². The Kier molecular flexibility index (Phi) is 7.03. The third-order valence-electron chi connectivity index (χ3n) is 6.46. The molecular weight excluding hydrogens is 440 g/mol. The van der Waals surface area contributed by atoms with Crippen molar-refractivity contribution in [3.63, 3.8) is 0 Å². The van der Waals surface area contributed by atoms with Crippen molar-refractivity contribution in [1.82, 2.24) is 25.1 Å². The van der Waals surface area contributed by atoms with Gasteiger partial charge in [0.05, 0.1) is 12.1 Å². The van der Waals surface area contributed by atoms with E-state index in [1.165, 1.54) is 0 Å². The van der Waals surface area contributed by atoms with Crippen LogP contribution in [0.3, 0.4) is 0 Å². The van der Waals surface area contributed by atoms with Crippen LogP contribution in [0.1, 0.15) is 49.4 Å². The number of amides is 2. The molecule has 1 aromatic heterocycles. The second-order valence-electron chi connectivity index (χ2n) is 10.2. The molecule has 1 atom stereocenters. The van der Waals surface area contributed by atoms with E-state index in [4.69, 9.17) is 5.73 Å². The Balaban J connectivity index is 1.29. The number of carbonyl (C=O) groups excluding carboxylic acids is 2. The van der Waals surface area contributed by atoms with Gasteiger partial charge < -0.3 is 16.0 Å². The van der Waals surface area contributed by atoms with E-state index >= 15 is 0 Å². The Morgan fingerprint density at radius 3 is 2.31 bits per heavy atom. The molecule has 2 heterocycles. The van der Waals surface area contributed by atoms with Gasteiger partial charge in [0, 0.05) is 37.1 Å². The zero-order valence-electron chi connectivity index (χ0n) is 20.9. The molecule has 8 heteroatoms. The topological polar surface area (TPSA) is 104 Å². The molecule has 1 aliphatic rings. The lowest BCUT2D eigenvalue weighted by atomic mass is 9.86. The van der Waals surface area contributed by atoms with Gasteiger partial charge in [0.1, 0.15) is 17.7 Å². The maximum atomic E-state index is 13.0. The quantitative estimate of drug-likeness (QED) is 0.589. The fourth-order valence-corrected chi connectivity index (χ4v) is 4.29. The van der Waals surface area contributed by atoms with Crippen LogP contribution in [0.4, 0.5) is 5.82 Å². The van der Waals surface area contributed by atoms with Crippen molar-refractivity contribution in [3.8, 4) is 0 Å². The van der Waals surface area contributed by atoms with Gasteiger partial charge in [-0.15, -0.1) is 0 Å². The Labute approximate surface area is 206 Å². The van der Waals surface area contributed by atoms with E-state index in [-0.39, 0.29) is 17.2 Å². The number of rotatable bonds is 5. The number of fused-ring (bicyclic) bond motifs is 1. The molecule has 3 N–H and O–H groups in total. The van der Waals surface area contributed by atoms with E-state index in [2.05, 4.69) is 41.0 Å². The SMILES string of the molecule is CC(NC(=O)c1ccc(C(C)(C)C)cc1)C(=O)N1CCN(Cc2nc(N)c3ccccc3n2)CC1. The first-order valence-corrected chi connectivity index (χ1v) is 12.1. The van der Waals surface area contributed by atoms with E-state index in [9.17, 15) is 9.59 Å². The molecule has 0 aliphatic carbocycles. The number of para-hydroxylation sites is 1. The van der Waals surface area contributed by atoms with Crippen molar-refractivity contribution >= 4 is 28.5 Å². The molecule has 184 valence electrons. The molecule has 2 amide bonds. The van der Waals surface area contributed by atoms with Crippen LogP contribution in [-0.2, 0) is 16.8 Å². The van der Waals surface area contributed by atoms with Gasteiger partial charge in [-0.2, -0.15) is 0 Å². The van der Waals surface area contributed by atoms with Crippen molar-refractivity contribution in [3.05, 3.63) is 65.5 Å². The smallest absolute Gasteiger partial charge is 0.251 e. The lowest BCUT2D eigenvalue weighted by Gasteiger charge is -2.35. The molecule has 1 fully saturated rings. The van der Waals surface area contributed by atoms with Crippen LogP contribution in [0.25, 0.3) is 10.9 Å². The molecule has 0 saturated carbocycles. The lowest BCUT2D eigenvalue weighted by molar-refractivity contribution is -0.134. The standard InChI is InChI=1S/C27H34N6O2/c1-18(29-25(34)19-9-11-20(12-10-19)27(2,3)4)26(35)33-15-13-32(14-16-33)17-23-30-22-8-6-5-7-21(22)24(28)31-23/h5-12,18H,13-17H2,1-4H3,(H,29,34)(H2,28,30,31). The third-order valence-corrected chi connectivity index (χ3v) is 6.46. The maximum Gasteiger partial charge on any atom is 0.251 e. The minimum Gasteiger partial charge on any atom is -0.383 e. The van der Waals surface area contributed by atoms with E-state index in [1.54, 1.807) is 11.8 Å². The predicted molar refractivity (Wildman–Crippen MR) is 138 cm³/mol. The van der Waals surface area contributed by atoms with Gasteiger partial charge in [-0.25, -0.2) is 9.97 Å². The summed E-state index contributed by atoms with van der Waals surface area (Å²) in [6, 6.07) is 14.7. The number of anilines is 1. The number of nitrogens with zero attached hydrogens (tertiary/aromatic N) is 4. The monoisotopic (exact) mass is 474 g/mol. The molecule has 2 aromatic carbocycles. The lowest BCUT2D eigenvalue weighted by Crippen LogP contribution is -2.54. The summed E-state index contributed by atoms with van der Waals surface area (Å²) in [5.41, 5.74) is 8.68. The van der Waals surface area contributed by atoms with Crippen molar-refractivity contribution in [2.75, 3.05) is 31.9 Å². The van der Waals surface area contributed by atoms with Crippen molar-refractivity contribution in [1.29, 1.82) is 0 Å². The largest absolute Gasteiger partial charge is 0.383 e.